The summed E-state index contributed by atoms with van der Waals surface area (Å²) in [6.45, 7) is 5.13. The van der Waals surface area contributed by atoms with Crippen LogP contribution in [0.5, 0.6) is 0 Å². The van der Waals surface area contributed by atoms with Crippen molar-refractivity contribution in [2.24, 2.45) is 5.41 Å². The molecule has 0 atom stereocenters. The van der Waals surface area contributed by atoms with E-state index in [1.165, 1.54) is 0 Å². The Morgan fingerprint density at radius 1 is 1.38 bits per heavy atom. The molecule has 0 aromatic carbocycles. The normalized spacial score (nSPS) is 11.4. The molecule has 21 heavy (non-hydrogen) atoms. The summed E-state index contributed by atoms with van der Waals surface area (Å²) in [5.74, 6) is -0.916. The lowest BCUT2D eigenvalue weighted by Gasteiger charge is -2.27. The van der Waals surface area contributed by atoms with Gasteiger partial charge >= 0.3 is 5.97 Å². The largest absolute Gasteiger partial charge is 0.481 e. The predicted octanol–water partition coefficient (Wildman–Crippen LogP) is 2.61. The summed E-state index contributed by atoms with van der Waals surface area (Å²) in [6.07, 6.45) is 0.199. The standard InChI is InChI=1S/C15H23NO4S/c1-15(2,10-14(18)19)9-13(17)16(6-7-20-3)11-12-5-4-8-21-12/h4-5,8H,6-7,9-11H2,1-3H3,(H,18,19). The number of hydrogen-bond donors (Lipinski definition) is 1. The number of nitrogens with zero attached hydrogens (tertiary/aromatic N) is 1. The molecule has 5 nitrogen and oxygen atoms in total. The maximum Gasteiger partial charge on any atom is 0.303 e. The third-order valence-corrected chi connectivity index (χ3v) is 3.97. The molecular weight excluding hydrogens is 290 g/mol. The first-order valence-electron chi connectivity index (χ1n) is 6.85. The molecule has 1 N–H and O–H groups in total. The van der Waals surface area contributed by atoms with E-state index >= 15 is 0 Å². The van der Waals surface area contributed by atoms with Crippen molar-refractivity contribution in [1.82, 2.24) is 4.90 Å². The van der Waals surface area contributed by atoms with Gasteiger partial charge in [0.25, 0.3) is 0 Å². The first kappa shape index (κ1) is 17.7. The molecule has 1 amide bonds. The monoisotopic (exact) mass is 313 g/mol. The molecule has 0 radical (unpaired) electrons. The lowest BCUT2D eigenvalue weighted by Crippen LogP contribution is -2.36. The zero-order chi connectivity index (χ0) is 15.9. The SMILES string of the molecule is COCCN(Cc1cccs1)C(=O)CC(C)(C)CC(=O)O. The summed E-state index contributed by atoms with van der Waals surface area (Å²) in [5, 5.41) is 10.9. The topological polar surface area (TPSA) is 66.8 Å². The Morgan fingerprint density at radius 3 is 2.62 bits per heavy atom. The lowest BCUT2D eigenvalue weighted by atomic mass is 9.85. The van der Waals surface area contributed by atoms with Crippen LogP contribution in [0.1, 0.15) is 31.6 Å². The minimum absolute atomic E-state index is 0.0180. The van der Waals surface area contributed by atoms with E-state index in [1.807, 2.05) is 17.5 Å². The number of rotatable bonds is 9. The van der Waals surface area contributed by atoms with Crippen molar-refractivity contribution in [3.8, 4) is 0 Å². The Morgan fingerprint density at radius 2 is 2.10 bits per heavy atom. The van der Waals surface area contributed by atoms with Gasteiger partial charge in [-0.3, -0.25) is 9.59 Å². The fourth-order valence-corrected chi connectivity index (χ4v) is 2.80. The highest BCUT2D eigenvalue weighted by Crippen LogP contribution is 2.26. The third-order valence-electron chi connectivity index (χ3n) is 3.10. The number of carboxylic acids is 1. The van der Waals surface area contributed by atoms with Crippen LogP contribution in [-0.4, -0.2) is 42.1 Å². The third kappa shape index (κ3) is 6.73. The number of carboxylic acid groups (broad SMARTS) is 1. The molecule has 1 rings (SSSR count). The van der Waals surface area contributed by atoms with E-state index in [0.29, 0.717) is 19.7 Å². The number of carbonyl (C=O) groups is 2. The summed E-state index contributed by atoms with van der Waals surface area (Å²) in [7, 11) is 1.60. The summed E-state index contributed by atoms with van der Waals surface area (Å²) in [5.41, 5.74) is -0.552. The number of amides is 1. The molecule has 0 fully saturated rings. The summed E-state index contributed by atoms with van der Waals surface area (Å²) in [6, 6.07) is 3.94. The molecule has 0 saturated carbocycles. The highest BCUT2D eigenvalue weighted by atomic mass is 32.1. The Kier molecular flexibility index (Phi) is 6.84. The smallest absolute Gasteiger partial charge is 0.303 e. The van der Waals surface area contributed by atoms with E-state index in [1.54, 1.807) is 37.2 Å². The van der Waals surface area contributed by atoms with Gasteiger partial charge in [-0.05, 0) is 16.9 Å². The van der Waals surface area contributed by atoms with Crippen LogP contribution < -0.4 is 0 Å². The first-order valence-corrected chi connectivity index (χ1v) is 7.73. The molecule has 0 saturated heterocycles. The van der Waals surface area contributed by atoms with Crippen molar-refractivity contribution in [1.29, 1.82) is 0 Å². The second-order valence-corrected chi connectivity index (χ2v) is 6.83. The van der Waals surface area contributed by atoms with Crippen LogP contribution in [0.4, 0.5) is 0 Å². The van der Waals surface area contributed by atoms with Gasteiger partial charge in [-0.15, -0.1) is 11.3 Å². The maximum absolute atomic E-state index is 12.5. The van der Waals surface area contributed by atoms with E-state index < -0.39 is 11.4 Å². The number of aliphatic carboxylic acids is 1. The van der Waals surface area contributed by atoms with Gasteiger partial charge in [-0.25, -0.2) is 0 Å². The van der Waals surface area contributed by atoms with Crippen LogP contribution in [0.2, 0.25) is 0 Å². The van der Waals surface area contributed by atoms with Crippen molar-refractivity contribution in [3.05, 3.63) is 22.4 Å². The van der Waals surface area contributed by atoms with Gasteiger partial charge in [-0.2, -0.15) is 0 Å². The van der Waals surface area contributed by atoms with Crippen molar-refractivity contribution in [2.45, 2.75) is 33.2 Å². The van der Waals surface area contributed by atoms with E-state index in [-0.39, 0.29) is 18.7 Å². The van der Waals surface area contributed by atoms with E-state index in [2.05, 4.69) is 0 Å². The van der Waals surface area contributed by atoms with Crippen LogP contribution in [-0.2, 0) is 20.9 Å². The molecule has 6 heteroatoms. The molecule has 0 aliphatic carbocycles. The zero-order valence-corrected chi connectivity index (χ0v) is 13.6. The molecule has 0 bridgehead atoms. The molecule has 0 aliphatic heterocycles. The second-order valence-electron chi connectivity index (χ2n) is 5.80. The molecule has 1 aromatic rings. The number of carbonyl (C=O) groups excluding carboxylic acids is 1. The second kappa shape index (κ2) is 8.14. The van der Waals surface area contributed by atoms with Crippen LogP contribution in [0, 0.1) is 5.41 Å². The van der Waals surface area contributed by atoms with Gasteiger partial charge < -0.3 is 14.7 Å². The van der Waals surface area contributed by atoms with Gasteiger partial charge in [0.1, 0.15) is 0 Å². The van der Waals surface area contributed by atoms with Crippen molar-refractivity contribution >= 4 is 23.2 Å². The average molecular weight is 313 g/mol. The number of hydrogen-bond acceptors (Lipinski definition) is 4. The average Bonchev–Trinajstić information content (AvgIpc) is 2.84. The van der Waals surface area contributed by atoms with E-state index in [4.69, 9.17) is 9.84 Å². The molecule has 0 unspecified atom stereocenters. The Hall–Kier alpha value is -1.40. The summed E-state index contributed by atoms with van der Waals surface area (Å²) < 4.78 is 5.05. The van der Waals surface area contributed by atoms with Crippen LogP contribution in [0.25, 0.3) is 0 Å². The Labute approximate surface area is 129 Å². The molecular formula is C15H23NO4S. The van der Waals surface area contributed by atoms with Crippen LogP contribution in [0.15, 0.2) is 17.5 Å². The molecule has 1 heterocycles. The Bertz CT molecular complexity index is 456. The minimum Gasteiger partial charge on any atom is -0.481 e. The van der Waals surface area contributed by atoms with Gasteiger partial charge in [-0.1, -0.05) is 19.9 Å². The van der Waals surface area contributed by atoms with Crippen LogP contribution >= 0.6 is 11.3 Å². The number of thiophene rings is 1. The predicted molar refractivity (Wildman–Crippen MR) is 82.3 cm³/mol. The van der Waals surface area contributed by atoms with Crippen molar-refractivity contribution in [3.63, 3.8) is 0 Å². The first-order chi connectivity index (χ1) is 9.84. The van der Waals surface area contributed by atoms with Gasteiger partial charge in [0.15, 0.2) is 0 Å². The molecule has 0 aliphatic rings. The zero-order valence-electron chi connectivity index (χ0n) is 12.8. The van der Waals surface area contributed by atoms with Crippen LogP contribution in [0.3, 0.4) is 0 Å². The van der Waals surface area contributed by atoms with Crippen molar-refractivity contribution < 1.29 is 19.4 Å². The summed E-state index contributed by atoms with van der Waals surface area (Å²) in [4.78, 5) is 26.1. The number of ether oxygens (including phenoxy) is 1. The maximum atomic E-state index is 12.5. The highest BCUT2D eigenvalue weighted by molar-refractivity contribution is 7.09. The highest BCUT2D eigenvalue weighted by Gasteiger charge is 2.27. The van der Waals surface area contributed by atoms with Crippen molar-refractivity contribution in [2.75, 3.05) is 20.3 Å². The summed E-state index contributed by atoms with van der Waals surface area (Å²) >= 11 is 1.60. The quantitative estimate of drug-likeness (QED) is 0.761. The molecule has 118 valence electrons. The van der Waals surface area contributed by atoms with Gasteiger partial charge in [0.2, 0.25) is 5.91 Å². The minimum atomic E-state index is -0.880. The van der Waals surface area contributed by atoms with Gasteiger partial charge in [0.05, 0.1) is 19.6 Å². The fraction of sp³-hybridized carbons (Fsp3) is 0.600. The fourth-order valence-electron chi connectivity index (χ4n) is 2.08. The molecule has 0 spiro atoms. The molecule has 1 aromatic heterocycles. The number of methoxy groups -OCH3 is 1. The lowest BCUT2D eigenvalue weighted by molar-refractivity contribution is -0.141. The van der Waals surface area contributed by atoms with Gasteiger partial charge in [0, 0.05) is 25.0 Å². The van der Waals surface area contributed by atoms with E-state index in [9.17, 15) is 9.59 Å². The Balaban J connectivity index is 2.68. The van der Waals surface area contributed by atoms with E-state index in [0.717, 1.165) is 4.88 Å².